The van der Waals surface area contributed by atoms with Crippen LogP contribution in [0.3, 0.4) is 0 Å². The molecule has 0 atom stereocenters. The van der Waals surface area contributed by atoms with E-state index >= 15 is 0 Å². The van der Waals surface area contributed by atoms with Crippen molar-refractivity contribution in [2.45, 2.75) is 6.92 Å². The van der Waals surface area contributed by atoms with Crippen molar-refractivity contribution in [2.75, 3.05) is 24.3 Å². The van der Waals surface area contributed by atoms with Gasteiger partial charge in [-0.1, -0.05) is 6.07 Å². The van der Waals surface area contributed by atoms with Crippen LogP contribution < -0.4 is 15.4 Å². The molecule has 2 aromatic rings. The minimum atomic E-state index is -0.125. The topological polar surface area (TPSA) is 63.2 Å². The van der Waals surface area contributed by atoms with Gasteiger partial charge in [-0.2, -0.15) is 0 Å². The van der Waals surface area contributed by atoms with Crippen molar-refractivity contribution in [1.29, 1.82) is 0 Å². The average Bonchev–Trinajstić information content (AvgIpc) is 2.47. The maximum absolute atomic E-state index is 11.8. The molecule has 0 bridgehead atoms. The van der Waals surface area contributed by atoms with Gasteiger partial charge in [-0.25, -0.2) is 0 Å². The molecular weight excluding hydrogens is 254 g/mol. The zero-order valence-corrected chi connectivity index (χ0v) is 11.5. The highest BCUT2D eigenvalue weighted by molar-refractivity contribution is 5.93. The molecule has 5 nitrogen and oxygen atoms in total. The second-order valence-corrected chi connectivity index (χ2v) is 4.32. The fourth-order valence-electron chi connectivity index (χ4n) is 1.74. The van der Waals surface area contributed by atoms with E-state index in [2.05, 4.69) is 15.6 Å². The lowest BCUT2D eigenvalue weighted by Gasteiger charge is -2.11. The van der Waals surface area contributed by atoms with Crippen molar-refractivity contribution in [3.63, 3.8) is 0 Å². The number of anilines is 2. The lowest BCUT2D eigenvalue weighted by molar-refractivity contribution is -0.114. The smallest absolute Gasteiger partial charge is 0.243 e. The summed E-state index contributed by atoms with van der Waals surface area (Å²) in [5.74, 6) is 0.631. The Morgan fingerprint density at radius 3 is 2.90 bits per heavy atom. The SMILES string of the molecule is COc1ccc(C)c(NCC(=O)Nc2cccnc2)c1. The minimum absolute atomic E-state index is 0.125. The van der Waals surface area contributed by atoms with Gasteiger partial charge in [0.2, 0.25) is 5.91 Å². The molecule has 0 aliphatic rings. The van der Waals surface area contributed by atoms with Crippen LogP contribution >= 0.6 is 0 Å². The van der Waals surface area contributed by atoms with Gasteiger partial charge in [0.1, 0.15) is 5.75 Å². The number of nitrogens with zero attached hydrogens (tertiary/aromatic N) is 1. The summed E-state index contributed by atoms with van der Waals surface area (Å²) >= 11 is 0. The predicted molar refractivity (Wildman–Crippen MR) is 79.1 cm³/mol. The lowest BCUT2D eigenvalue weighted by Crippen LogP contribution is -2.22. The molecule has 0 saturated carbocycles. The largest absolute Gasteiger partial charge is 0.497 e. The first-order valence-corrected chi connectivity index (χ1v) is 6.27. The molecule has 0 radical (unpaired) electrons. The number of ether oxygens (including phenoxy) is 1. The molecule has 1 aromatic heterocycles. The molecule has 0 saturated heterocycles. The van der Waals surface area contributed by atoms with E-state index in [0.717, 1.165) is 17.0 Å². The van der Waals surface area contributed by atoms with Crippen molar-refractivity contribution in [1.82, 2.24) is 4.98 Å². The number of carbonyl (C=O) groups is 1. The van der Waals surface area contributed by atoms with Crippen molar-refractivity contribution >= 4 is 17.3 Å². The lowest BCUT2D eigenvalue weighted by atomic mass is 10.2. The Hall–Kier alpha value is -2.56. The summed E-state index contributed by atoms with van der Waals surface area (Å²) in [7, 11) is 1.61. The first-order chi connectivity index (χ1) is 9.69. The summed E-state index contributed by atoms with van der Waals surface area (Å²) in [6, 6.07) is 9.26. The average molecular weight is 271 g/mol. The Balaban J connectivity index is 1.93. The molecule has 0 fully saturated rings. The highest BCUT2D eigenvalue weighted by Crippen LogP contribution is 2.21. The number of rotatable bonds is 5. The maximum Gasteiger partial charge on any atom is 0.243 e. The highest BCUT2D eigenvalue weighted by Gasteiger charge is 2.05. The third-order valence-electron chi connectivity index (χ3n) is 2.83. The van der Waals surface area contributed by atoms with Crippen LogP contribution in [0, 0.1) is 6.92 Å². The summed E-state index contributed by atoms with van der Waals surface area (Å²) in [6.45, 7) is 2.16. The van der Waals surface area contributed by atoms with Crippen LogP contribution in [0.2, 0.25) is 0 Å². The van der Waals surface area contributed by atoms with E-state index in [9.17, 15) is 4.79 Å². The van der Waals surface area contributed by atoms with Gasteiger partial charge in [0.15, 0.2) is 0 Å². The highest BCUT2D eigenvalue weighted by atomic mass is 16.5. The van der Waals surface area contributed by atoms with Crippen LogP contribution in [-0.2, 0) is 4.79 Å². The van der Waals surface area contributed by atoms with E-state index in [1.807, 2.05) is 25.1 Å². The van der Waals surface area contributed by atoms with Crippen LogP contribution in [0.5, 0.6) is 5.75 Å². The number of amides is 1. The monoisotopic (exact) mass is 271 g/mol. The number of benzene rings is 1. The molecule has 1 aromatic carbocycles. The van der Waals surface area contributed by atoms with Gasteiger partial charge < -0.3 is 15.4 Å². The Bertz CT molecular complexity index is 585. The molecule has 20 heavy (non-hydrogen) atoms. The molecular formula is C15H17N3O2. The summed E-state index contributed by atoms with van der Waals surface area (Å²) in [5, 5.41) is 5.86. The second kappa shape index (κ2) is 6.56. The molecule has 1 heterocycles. The van der Waals surface area contributed by atoms with Gasteiger partial charge in [0, 0.05) is 18.0 Å². The van der Waals surface area contributed by atoms with Crippen molar-refractivity contribution < 1.29 is 9.53 Å². The maximum atomic E-state index is 11.8. The van der Waals surface area contributed by atoms with E-state index < -0.39 is 0 Å². The van der Waals surface area contributed by atoms with E-state index in [-0.39, 0.29) is 12.5 Å². The molecule has 0 aliphatic heterocycles. The standard InChI is InChI=1S/C15H17N3O2/c1-11-5-6-13(20-2)8-14(11)17-10-15(19)18-12-4-3-7-16-9-12/h3-9,17H,10H2,1-2H3,(H,18,19). The van der Waals surface area contributed by atoms with Crippen LogP contribution in [-0.4, -0.2) is 24.5 Å². The minimum Gasteiger partial charge on any atom is -0.497 e. The third-order valence-corrected chi connectivity index (χ3v) is 2.83. The Morgan fingerprint density at radius 2 is 2.20 bits per heavy atom. The zero-order chi connectivity index (χ0) is 14.4. The third kappa shape index (κ3) is 3.71. The molecule has 0 unspecified atom stereocenters. The summed E-state index contributed by atoms with van der Waals surface area (Å²) in [5.41, 5.74) is 2.62. The predicted octanol–water partition coefficient (Wildman–Crippen LogP) is 2.45. The summed E-state index contributed by atoms with van der Waals surface area (Å²) < 4.78 is 5.16. The van der Waals surface area contributed by atoms with Gasteiger partial charge in [-0.15, -0.1) is 0 Å². The second-order valence-electron chi connectivity index (χ2n) is 4.32. The fourth-order valence-corrected chi connectivity index (χ4v) is 1.74. The Morgan fingerprint density at radius 1 is 1.35 bits per heavy atom. The van der Waals surface area contributed by atoms with Gasteiger partial charge in [0.25, 0.3) is 0 Å². The number of aryl methyl sites for hydroxylation is 1. The van der Waals surface area contributed by atoms with Crippen LogP contribution in [0.25, 0.3) is 0 Å². The van der Waals surface area contributed by atoms with Crippen LogP contribution in [0.15, 0.2) is 42.7 Å². The van der Waals surface area contributed by atoms with E-state index in [1.54, 1.807) is 31.6 Å². The fraction of sp³-hybridized carbons (Fsp3) is 0.200. The molecule has 5 heteroatoms. The molecule has 0 aliphatic carbocycles. The van der Waals surface area contributed by atoms with Crippen LogP contribution in [0.1, 0.15) is 5.56 Å². The number of carbonyl (C=O) groups excluding carboxylic acids is 1. The normalized spacial score (nSPS) is 9.90. The Kier molecular flexibility index (Phi) is 4.55. The zero-order valence-electron chi connectivity index (χ0n) is 11.5. The van der Waals surface area contributed by atoms with Crippen LogP contribution in [0.4, 0.5) is 11.4 Å². The van der Waals surface area contributed by atoms with Crippen molar-refractivity contribution in [2.24, 2.45) is 0 Å². The number of hydrogen-bond acceptors (Lipinski definition) is 4. The molecule has 2 rings (SSSR count). The number of hydrogen-bond donors (Lipinski definition) is 2. The van der Waals surface area contributed by atoms with Gasteiger partial charge >= 0.3 is 0 Å². The quantitative estimate of drug-likeness (QED) is 0.876. The number of nitrogens with one attached hydrogen (secondary N) is 2. The summed E-state index contributed by atoms with van der Waals surface area (Å²) in [4.78, 5) is 15.8. The number of pyridine rings is 1. The molecule has 104 valence electrons. The molecule has 0 spiro atoms. The Labute approximate surface area is 118 Å². The van der Waals surface area contributed by atoms with Gasteiger partial charge in [-0.05, 0) is 30.7 Å². The summed E-state index contributed by atoms with van der Waals surface area (Å²) in [6.07, 6.45) is 3.27. The van der Waals surface area contributed by atoms with E-state index in [0.29, 0.717) is 5.69 Å². The molecule has 1 amide bonds. The first-order valence-electron chi connectivity index (χ1n) is 6.27. The number of methoxy groups -OCH3 is 1. The van der Waals surface area contributed by atoms with E-state index in [1.165, 1.54) is 0 Å². The van der Waals surface area contributed by atoms with E-state index in [4.69, 9.17) is 4.74 Å². The van der Waals surface area contributed by atoms with Crippen molar-refractivity contribution in [3.8, 4) is 5.75 Å². The van der Waals surface area contributed by atoms with Gasteiger partial charge in [-0.3, -0.25) is 9.78 Å². The first kappa shape index (κ1) is 13.9. The number of aromatic nitrogens is 1. The van der Waals surface area contributed by atoms with Gasteiger partial charge in [0.05, 0.1) is 25.5 Å². The molecule has 2 N–H and O–H groups in total. The van der Waals surface area contributed by atoms with Crippen molar-refractivity contribution in [3.05, 3.63) is 48.3 Å².